The summed E-state index contributed by atoms with van der Waals surface area (Å²) in [4.78, 5) is 0. The van der Waals surface area contributed by atoms with Crippen molar-refractivity contribution in [3.05, 3.63) is 12.2 Å². The van der Waals surface area contributed by atoms with Gasteiger partial charge < -0.3 is 10.4 Å². The lowest BCUT2D eigenvalue weighted by Crippen LogP contribution is -2.19. The lowest BCUT2D eigenvalue weighted by atomic mass is 10.2. The minimum Gasteiger partial charge on any atom is -0.396 e. The van der Waals surface area contributed by atoms with Gasteiger partial charge in [0.15, 0.2) is 0 Å². The van der Waals surface area contributed by atoms with Gasteiger partial charge in [-0.05, 0) is 18.6 Å². The highest BCUT2D eigenvalue weighted by molar-refractivity contribution is 7.99. The van der Waals surface area contributed by atoms with E-state index in [0.29, 0.717) is 6.61 Å². The number of hydrogen-bond donors (Lipinski definition) is 2. The van der Waals surface area contributed by atoms with E-state index < -0.39 is 0 Å². The first-order valence-corrected chi connectivity index (χ1v) is 6.02. The first-order chi connectivity index (χ1) is 6.31. The molecule has 2 nitrogen and oxygen atoms in total. The molecule has 0 aromatic carbocycles. The first-order valence-electron chi connectivity index (χ1n) is 4.87. The monoisotopic (exact) mass is 203 g/mol. The molecule has 0 unspecified atom stereocenters. The number of hydrogen-bond acceptors (Lipinski definition) is 3. The highest BCUT2D eigenvalue weighted by Gasteiger charge is 1.91. The molecule has 0 fully saturated rings. The molecular formula is C10H21NOS. The van der Waals surface area contributed by atoms with Crippen molar-refractivity contribution in [2.24, 2.45) is 0 Å². The maximum Gasteiger partial charge on any atom is 0.0438 e. The van der Waals surface area contributed by atoms with Crippen LogP contribution in [0.25, 0.3) is 0 Å². The molecule has 0 saturated heterocycles. The Morgan fingerprint density at radius 2 is 2.23 bits per heavy atom. The third kappa shape index (κ3) is 9.93. The number of thioether (sulfide) groups is 1. The summed E-state index contributed by atoms with van der Waals surface area (Å²) in [7, 11) is 0. The minimum absolute atomic E-state index is 0.313. The lowest BCUT2D eigenvalue weighted by Gasteiger charge is -2.05. The summed E-state index contributed by atoms with van der Waals surface area (Å²) in [6, 6.07) is 0. The Balaban J connectivity index is 2.95. The van der Waals surface area contributed by atoms with E-state index in [1.165, 1.54) is 5.57 Å². The first kappa shape index (κ1) is 13.0. The summed E-state index contributed by atoms with van der Waals surface area (Å²) in [5.74, 6) is 2.18. The fraction of sp³-hybridized carbons (Fsp3) is 0.800. The van der Waals surface area contributed by atoms with Gasteiger partial charge in [-0.1, -0.05) is 19.1 Å². The summed E-state index contributed by atoms with van der Waals surface area (Å²) in [5.41, 5.74) is 1.26. The summed E-state index contributed by atoms with van der Waals surface area (Å²) < 4.78 is 0. The Morgan fingerprint density at radius 1 is 1.46 bits per heavy atom. The normalized spacial score (nSPS) is 10.3. The molecule has 0 saturated carbocycles. The van der Waals surface area contributed by atoms with Crippen LogP contribution in [0.1, 0.15) is 19.8 Å². The van der Waals surface area contributed by atoms with Gasteiger partial charge in [0, 0.05) is 25.4 Å². The molecule has 0 bridgehead atoms. The molecule has 0 atom stereocenters. The van der Waals surface area contributed by atoms with E-state index in [-0.39, 0.29) is 0 Å². The van der Waals surface area contributed by atoms with Crippen LogP contribution < -0.4 is 5.32 Å². The molecule has 0 aliphatic carbocycles. The Hall–Kier alpha value is 0.01000. The highest BCUT2D eigenvalue weighted by atomic mass is 32.2. The third-order valence-corrected chi connectivity index (χ3v) is 2.82. The minimum atomic E-state index is 0.313. The molecule has 0 aliphatic rings. The van der Waals surface area contributed by atoms with Crippen LogP contribution in [-0.4, -0.2) is 36.3 Å². The third-order valence-electron chi connectivity index (χ3n) is 1.74. The van der Waals surface area contributed by atoms with Gasteiger partial charge in [0.2, 0.25) is 0 Å². The molecular weight excluding hydrogens is 182 g/mol. The van der Waals surface area contributed by atoms with Crippen molar-refractivity contribution in [2.45, 2.75) is 19.8 Å². The molecule has 2 N–H and O–H groups in total. The van der Waals surface area contributed by atoms with E-state index in [9.17, 15) is 0 Å². The molecule has 0 spiro atoms. The summed E-state index contributed by atoms with van der Waals surface area (Å²) in [6.07, 6.45) is 1.97. The van der Waals surface area contributed by atoms with E-state index in [0.717, 1.165) is 37.4 Å². The SMILES string of the molecule is C=C(CC)CNCCSCCCO. The highest BCUT2D eigenvalue weighted by Crippen LogP contribution is 2.00. The van der Waals surface area contributed by atoms with Gasteiger partial charge in [0.25, 0.3) is 0 Å². The van der Waals surface area contributed by atoms with E-state index in [1.54, 1.807) is 0 Å². The van der Waals surface area contributed by atoms with Crippen molar-refractivity contribution in [1.82, 2.24) is 5.32 Å². The average Bonchev–Trinajstić information content (AvgIpc) is 2.16. The van der Waals surface area contributed by atoms with Crippen molar-refractivity contribution in [2.75, 3.05) is 31.2 Å². The quantitative estimate of drug-likeness (QED) is 0.441. The summed E-state index contributed by atoms with van der Waals surface area (Å²) >= 11 is 1.88. The van der Waals surface area contributed by atoms with Gasteiger partial charge >= 0.3 is 0 Å². The van der Waals surface area contributed by atoms with E-state index in [1.807, 2.05) is 11.8 Å². The van der Waals surface area contributed by atoms with Crippen LogP contribution in [0.5, 0.6) is 0 Å². The number of nitrogens with one attached hydrogen (secondary N) is 1. The van der Waals surface area contributed by atoms with E-state index in [4.69, 9.17) is 5.11 Å². The topological polar surface area (TPSA) is 32.3 Å². The van der Waals surface area contributed by atoms with Gasteiger partial charge in [-0.15, -0.1) is 0 Å². The summed E-state index contributed by atoms with van der Waals surface area (Å²) in [6.45, 7) is 8.33. The van der Waals surface area contributed by atoms with Crippen LogP contribution in [0.2, 0.25) is 0 Å². The standard InChI is InChI=1S/C10H21NOS/c1-3-10(2)9-11-5-8-13-7-4-6-12/h11-12H,2-9H2,1H3. The number of aliphatic hydroxyl groups is 1. The van der Waals surface area contributed by atoms with Crippen molar-refractivity contribution in [3.63, 3.8) is 0 Å². The Bertz CT molecular complexity index is 128. The second-order valence-corrected chi connectivity index (χ2v) is 4.19. The van der Waals surface area contributed by atoms with Crippen LogP contribution in [0.4, 0.5) is 0 Å². The van der Waals surface area contributed by atoms with E-state index >= 15 is 0 Å². The smallest absolute Gasteiger partial charge is 0.0438 e. The van der Waals surface area contributed by atoms with Crippen LogP contribution >= 0.6 is 11.8 Å². The zero-order valence-electron chi connectivity index (χ0n) is 8.51. The Kier molecular flexibility index (Phi) is 10.1. The molecule has 0 amide bonds. The predicted molar refractivity (Wildman–Crippen MR) is 61.3 cm³/mol. The molecule has 13 heavy (non-hydrogen) atoms. The maximum atomic E-state index is 8.53. The van der Waals surface area contributed by atoms with Gasteiger partial charge in [0.1, 0.15) is 0 Å². The molecule has 0 aliphatic heterocycles. The molecule has 0 heterocycles. The fourth-order valence-electron chi connectivity index (χ4n) is 0.803. The van der Waals surface area contributed by atoms with E-state index in [2.05, 4.69) is 18.8 Å². The van der Waals surface area contributed by atoms with Crippen molar-refractivity contribution in [3.8, 4) is 0 Å². The van der Waals surface area contributed by atoms with Gasteiger partial charge in [-0.25, -0.2) is 0 Å². The molecule has 0 aromatic rings. The van der Waals surface area contributed by atoms with Crippen LogP contribution in [-0.2, 0) is 0 Å². The average molecular weight is 203 g/mol. The number of rotatable bonds is 9. The van der Waals surface area contributed by atoms with Gasteiger partial charge in [-0.2, -0.15) is 11.8 Å². The molecule has 0 rings (SSSR count). The zero-order chi connectivity index (χ0) is 9.94. The fourth-order valence-corrected chi connectivity index (χ4v) is 1.63. The molecule has 3 heteroatoms. The second-order valence-electron chi connectivity index (χ2n) is 2.97. The number of aliphatic hydroxyl groups excluding tert-OH is 1. The van der Waals surface area contributed by atoms with Crippen LogP contribution in [0.3, 0.4) is 0 Å². The van der Waals surface area contributed by atoms with Gasteiger partial charge in [0.05, 0.1) is 0 Å². The molecule has 0 aromatic heterocycles. The Morgan fingerprint density at radius 3 is 2.85 bits per heavy atom. The second kappa shape index (κ2) is 10.1. The summed E-state index contributed by atoms with van der Waals surface area (Å²) in [5, 5.41) is 11.9. The van der Waals surface area contributed by atoms with Crippen molar-refractivity contribution >= 4 is 11.8 Å². The van der Waals surface area contributed by atoms with Crippen molar-refractivity contribution < 1.29 is 5.11 Å². The largest absolute Gasteiger partial charge is 0.396 e. The molecule has 78 valence electrons. The Labute approximate surface area is 85.8 Å². The molecule has 0 radical (unpaired) electrons. The zero-order valence-corrected chi connectivity index (χ0v) is 9.33. The van der Waals surface area contributed by atoms with Crippen LogP contribution in [0.15, 0.2) is 12.2 Å². The van der Waals surface area contributed by atoms with Gasteiger partial charge in [-0.3, -0.25) is 0 Å². The lowest BCUT2D eigenvalue weighted by molar-refractivity contribution is 0.296. The maximum absolute atomic E-state index is 8.53. The van der Waals surface area contributed by atoms with Crippen LogP contribution in [0, 0.1) is 0 Å². The van der Waals surface area contributed by atoms with Crippen molar-refractivity contribution in [1.29, 1.82) is 0 Å². The predicted octanol–water partition coefficient (Wildman–Crippen LogP) is 1.66.